The van der Waals surface area contributed by atoms with Crippen LogP contribution in [0.15, 0.2) is 40.8 Å². The van der Waals surface area contributed by atoms with Crippen LogP contribution in [0.25, 0.3) is 11.0 Å². The fraction of sp³-hybridized carbons (Fsp3) is 0.423. The van der Waals surface area contributed by atoms with Gasteiger partial charge in [-0.05, 0) is 63.6 Å². The van der Waals surface area contributed by atoms with Gasteiger partial charge in [0.1, 0.15) is 23.5 Å². The predicted octanol–water partition coefficient (Wildman–Crippen LogP) is 7.23. The number of hydrogen-bond donors (Lipinski definition) is 0. The fourth-order valence-electron chi connectivity index (χ4n) is 4.27. The van der Waals surface area contributed by atoms with Crippen molar-refractivity contribution in [3.05, 3.63) is 64.1 Å². The molecule has 0 atom stereocenters. The van der Waals surface area contributed by atoms with Crippen molar-refractivity contribution in [1.29, 1.82) is 0 Å². The molecular weight excluding hydrogens is 445 g/mol. The number of furan rings is 1. The molecule has 1 fully saturated rings. The minimum atomic E-state index is -0.673. The van der Waals surface area contributed by atoms with E-state index in [-0.39, 0.29) is 18.6 Å². The molecule has 1 saturated heterocycles. The van der Waals surface area contributed by atoms with Crippen molar-refractivity contribution < 1.29 is 23.1 Å². The summed E-state index contributed by atoms with van der Waals surface area (Å²) in [7, 11) is 0. The normalized spacial score (nSPS) is 15.2. The fourth-order valence-corrected chi connectivity index (χ4v) is 4.48. The zero-order valence-electron chi connectivity index (χ0n) is 19.4. The van der Waals surface area contributed by atoms with Crippen molar-refractivity contribution in [1.82, 2.24) is 4.90 Å². The molecule has 0 spiro atoms. The van der Waals surface area contributed by atoms with E-state index >= 15 is 0 Å². The summed E-state index contributed by atoms with van der Waals surface area (Å²) in [6.07, 6.45) is 1.39. The number of aryl methyl sites for hydroxylation is 1. The zero-order valence-corrected chi connectivity index (χ0v) is 20.2. The first-order valence-corrected chi connectivity index (χ1v) is 11.6. The Balaban J connectivity index is 1.49. The number of amides is 1. The van der Waals surface area contributed by atoms with Crippen molar-refractivity contribution in [3.8, 4) is 5.75 Å². The Labute approximate surface area is 198 Å². The monoisotopic (exact) mass is 473 g/mol. The summed E-state index contributed by atoms with van der Waals surface area (Å²) >= 11 is 6.18. The Morgan fingerprint density at radius 1 is 1.21 bits per heavy atom. The van der Waals surface area contributed by atoms with Gasteiger partial charge in [-0.15, -0.1) is 0 Å². The molecule has 0 saturated carbocycles. The molecule has 2 aromatic carbocycles. The third-order valence-corrected chi connectivity index (χ3v) is 6.21. The number of ether oxygens (including phenoxy) is 2. The quantitative estimate of drug-likeness (QED) is 0.401. The van der Waals surface area contributed by atoms with Crippen LogP contribution < -0.4 is 4.74 Å². The highest BCUT2D eigenvalue weighted by Gasteiger charge is 2.29. The summed E-state index contributed by atoms with van der Waals surface area (Å²) in [4.78, 5) is 14.2. The van der Waals surface area contributed by atoms with E-state index in [9.17, 15) is 9.18 Å². The summed E-state index contributed by atoms with van der Waals surface area (Å²) in [5, 5.41) is 0.976. The summed E-state index contributed by atoms with van der Waals surface area (Å²) < 4.78 is 30.7. The lowest BCUT2D eigenvalue weighted by molar-refractivity contribution is 0.0204. The smallest absolute Gasteiger partial charge is 0.410 e. The van der Waals surface area contributed by atoms with Gasteiger partial charge in [0.15, 0.2) is 0 Å². The molecule has 0 aliphatic carbocycles. The van der Waals surface area contributed by atoms with E-state index in [4.69, 9.17) is 25.5 Å². The molecule has 176 valence electrons. The Morgan fingerprint density at radius 2 is 1.94 bits per heavy atom. The van der Waals surface area contributed by atoms with Gasteiger partial charge in [-0.1, -0.05) is 35.9 Å². The van der Waals surface area contributed by atoms with Gasteiger partial charge in [0.05, 0.1) is 5.02 Å². The number of likely N-dealkylation sites (tertiary alicyclic amines) is 1. The Kier molecular flexibility index (Phi) is 6.57. The molecule has 0 unspecified atom stereocenters. The van der Waals surface area contributed by atoms with Gasteiger partial charge in [-0.25, -0.2) is 4.79 Å². The number of fused-ring (bicyclic) bond motifs is 1. The van der Waals surface area contributed by atoms with Gasteiger partial charge < -0.3 is 18.8 Å². The summed E-state index contributed by atoms with van der Waals surface area (Å²) in [5.41, 5.74) is 2.77. The van der Waals surface area contributed by atoms with Crippen molar-refractivity contribution >= 4 is 28.7 Å². The zero-order chi connectivity index (χ0) is 23.8. The first-order chi connectivity index (χ1) is 15.6. The number of halogens is 2. The van der Waals surface area contributed by atoms with E-state index in [0.29, 0.717) is 29.1 Å². The summed E-state index contributed by atoms with van der Waals surface area (Å²) in [6.45, 7) is 9.14. The molecule has 1 amide bonds. The maximum absolute atomic E-state index is 13.7. The van der Waals surface area contributed by atoms with E-state index < -0.39 is 11.6 Å². The molecular formula is C26H29ClFNO4. The standard InChI is InChI=1S/C26H29ClFNO4/c1-16-6-5-7-19(17-10-12-29(13-11-17)25(30)33-26(2,3)4)23(16)31-15-18-8-9-21(27)20-14-22(28)32-24(18)20/h5-9,14,17H,10-13,15H2,1-4H3. The van der Waals surface area contributed by atoms with Gasteiger partial charge in [-0.3, -0.25) is 0 Å². The number of nitrogens with zero attached hydrogens (tertiary/aromatic N) is 1. The second-order valence-electron chi connectivity index (χ2n) is 9.52. The number of benzene rings is 2. The highest BCUT2D eigenvalue weighted by molar-refractivity contribution is 6.35. The highest BCUT2D eigenvalue weighted by atomic mass is 35.5. The van der Waals surface area contributed by atoms with Gasteiger partial charge in [0.2, 0.25) is 0 Å². The van der Waals surface area contributed by atoms with Crippen LogP contribution >= 0.6 is 11.6 Å². The van der Waals surface area contributed by atoms with Crippen molar-refractivity contribution in [3.63, 3.8) is 0 Å². The van der Waals surface area contributed by atoms with Gasteiger partial charge in [0.25, 0.3) is 6.01 Å². The van der Waals surface area contributed by atoms with Gasteiger partial charge in [-0.2, -0.15) is 4.39 Å². The van der Waals surface area contributed by atoms with Crippen LogP contribution in [0.3, 0.4) is 0 Å². The Hall–Kier alpha value is -2.73. The third kappa shape index (κ3) is 5.27. The SMILES string of the molecule is Cc1cccc(C2CCN(C(=O)OC(C)(C)C)CC2)c1OCc1ccc(Cl)c2cc(F)oc12. The van der Waals surface area contributed by atoms with Crippen LogP contribution in [-0.2, 0) is 11.3 Å². The first-order valence-electron chi connectivity index (χ1n) is 11.2. The van der Waals surface area contributed by atoms with Crippen LogP contribution in [0, 0.1) is 12.9 Å². The first kappa shape index (κ1) is 23.4. The number of piperidine rings is 1. The van der Waals surface area contributed by atoms with E-state index in [2.05, 4.69) is 6.07 Å². The van der Waals surface area contributed by atoms with Crippen molar-refractivity contribution in [2.24, 2.45) is 0 Å². The Bertz CT molecular complexity index is 1160. The molecule has 0 radical (unpaired) electrons. The molecule has 3 aromatic rings. The van der Waals surface area contributed by atoms with E-state index in [1.54, 1.807) is 17.0 Å². The summed E-state index contributed by atoms with van der Waals surface area (Å²) in [6, 6.07) is 10.3. The van der Waals surface area contributed by atoms with E-state index in [1.807, 2.05) is 39.8 Å². The molecule has 0 bridgehead atoms. The predicted molar refractivity (Wildman–Crippen MR) is 126 cm³/mol. The maximum atomic E-state index is 13.7. The van der Waals surface area contributed by atoms with Crippen LogP contribution in [0.4, 0.5) is 9.18 Å². The number of hydrogen-bond acceptors (Lipinski definition) is 4. The Morgan fingerprint density at radius 3 is 2.64 bits per heavy atom. The lowest BCUT2D eigenvalue weighted by Gasteiger charge is -2.34. The van der Waals surface area contributed by atoms with E-state index in [0.717, 1.165) is 35.3 Å². The number of rotatable bonds is 4. The van der Waals surface area contributed by atoms with Gasteiger partial charge >= 0.3 is 6.09 Å². The third-order valence-electron chi connectivity index (χ3n) is 5.88. The van der Waals surface area contributed by atoms with Crippen LogP contribution in [0.5, 0.6) is 5.75 Å². The van der Waals surface area contributed by atoms with Gasteiger partial charge in [0, 0.05) is 30.1 Å². The van der Waals surface area contributed by atoms with Crippen LogP contribution in [0.2, 0.25) is 5.02 Å². The topological polar surface area (TPSA) is 51.9 Å². The average molecular weight is 474 g/mol. The molecule has 1 aromatic heterocycles. The molecule has 33 heavy (non-hydrogen) atoms. The average Bonchev–Trinajstić information content (AvgIpc) is 3.15. The maximum Gasteiger partial charge on any atom is 0.410 e. The van der Waals surface area contributed by atoms with Crippen LogP contribution in [-0.4, -0.2) is 29.7 Å². The highest BCUT2D eigenvalue weighted by Crippen LogP contribution is 2.37. The minimum absolute atomic E-state index is 0.231. The van der Waals surface area contributed by atoms with E-state index in [1.165, 1.54) is 6.07 Å². The lowest BCUT2D eigenvalue weighted by atomic mass is 9.88. The largest absolute Gasteiger partial charge is 0.488 e. The van der Waals surface area contributed by atoms with Crippen LogP contribution in [0.1, 0.15) is 56.2 Å². The number of para-hydroxylation sites is 1. The summed E-state index contributed by atoms with van der Waals surface area (Å²) in [5.74, 6) is 1.09. The number of carbonyl (C=O) groups is 1. The molecule has 5 nitrogen and oxygen atoms in total. The molecule has 0 N–H and O–H groups in total. The molecule has 2 heterocycles. The second-order valence-corrected chi connectivity index (χ2v) is 9.93. The number of carbonyl (C=O) groups excluding carboxylic acids is 1. The minimum Gasteiger partial charge on any atom is -0.488 e. The molecule has 7 heteroatoms. The van der Waals surface area contributed by atoms with Crippen molar-refractivity contribution in [2.75, 3.05) is 13.1 Å². The molecule has 4 rings (SSSR count). The second kappa shape index (κ2) is 9.26. The lowest BCUT2D eigenvalue weighted by Crippen LogP contribution is -2.41. The van der Waals surface area contributed by atoms with Crippen molar-refractivity contribution in [2.45, 2.75) is 58.7 Å². The molecule has 1 aliphatic heterocycles. The molecule has 1 aliphatic rings.